The lowest BCUT2D eigenvalue weighted by molar-refractivity contribution is -0.136. The number of anilines is 1. The fourth-order valence-electron chi connectivity index (χ4n) is 3.18. The molecule has 0 unspecified atom stereocenters. The number of likely N-dealkylation sites (N-methyl/N-ethyl adjacent to an activating group) is 2. The summed E-state index contributed by atoms with van der Waals surface area (Å²) in [5, 5.41) is 5.62. The van der Waals surface area contributed by atoms with E-state index in [-0.39, 0.29) is 0 Å². The second-order valence-corrected chi connectivity index (χ2v) is 7.83. The van der Waals surface area contributed by atoms with Crippen molar-refractivity contribution in [2.45, 2.75) is 31.7 Å². The van der Waals surface area contributed by atoms with Crippen molar-refractivity contribution < 1.29 is 14.3 Å². The van der Waals surface area contributed by atoms with Gasteiger partial charge in [-0.05, 0) is 52.2 Å². The van der Waals surface area contributed by atoms with Gasteiger partial charge in [-0.2, -0.15) is 0 Å². The van der Waals surface area contributed by atoms with Crippen molar-refractivity contribution in [2.24, 2.45) is 0 Å². The first-order valence-electron chi connectivity index (χ1n) is 9.73. The zero-order valence-electron chi connectivity index (χ0n) is 17.0. The van der Waals surface area contributed by atoms with Crippen molar-refractivity contribution in [3.05, 3.63) is 23.2 Å². The number of carbonyl (C=O) groups is 2. The van der Waals surface area contributed by atoms with Gasteiger partial charge in [0.2, 0.25) is 0 Å². The molecule has 1 fully saturated rings. The summed E-state index contributed by atoms with van der Waals surface area (Å²) in [5.74, 6) is -0.816. The number of rotatable bonds is 9. The predicted octanol–water partition coefficient (Wildman–Crippen LogP) is 2.21. The Labute approximate surface area is 172 Å². The van der Waals surface area contributed by atoms with E-state index in [0.717, 1.165) is 13.1 Å². The molecule has 1 aliphatic carbocycles. The van der Waals surface area contributed by atoms with Crippen LogP contribution in [-0.2, 0) is 9.59 Å². The highest BCUT2D eigenvalue weighted by Gasteiger charge is 2.20. The molecule has 0 aromatic heterocycles. The van der Waals surface area contributed by atoms with Crippen LogP contribution in [0, 0.1) is 0 Å². The molecule has 0 radical (unpaired) electrons. The monoisotopic (exact) mass is 410 g/mol. The third-order valence-corrected chi connectivity index (χ3v) is 5.19. The van der Waals surface area contributed by atoms with Gasteiger partial charge in [0.25, 0.3) is 0 Å². The minimum absolute atomic E-state index is 0.384. The summed E-state index contributed by atoms with van der Waals surface area (Å²) in [4.78, 5) is 28.3. The summed E-state index contributed by atoms with van der Waals surface area (Å²) >= 11 is 6.19. The Morgan fingerprint density at radius 3 is 2.50 bits per heavy atom. The van der Waals surface area contributed by atoms with Gasteiger partial charge in [-0.3, -0.25) is 9.59 Å². The average Bonchev–Trinajstić information content (AvgIpc) is 3.18. The van der Waals surface area contributed by atoms with Gasteiger partial charge < -0.3 is 25.2 Å². The van der Waals surface area contributed by atoms with Gasteiger partial charge >= 0.3 is 11.8 Å². The van der Waals surface area contributed by atoms with E-state index in [4.69, 9.17) is 16.3 Å². The molecule has 8 heteroatoms. The van der Waals surface area contributed by atoms with Gasteiger partial charge in [0, 0.05) is 31.4 Å². The predicted molar refractivity (Wildman–Crippen MR) is 112 cm³/mol. The molecular weight excluding hydrogens is 380 g/mol. The second-order valence-electron chi connectivity index (χ2n) is 7.43. The molecule has 156 valence electrons. The third kappa shape index (κ3) is 7.30. The number of nitrogens with zero attached hydrogens (tertiary/aromatic N) is 2. The average molecular weight is 411 g/mol. The Hall–Kier alpha value is -1.83. The lowest BCUT2D eigenvalue weighted by Crippen LogP contribution is -2.41. The third-order valence-electron chi connectivity index (χ3n) is 4.89. The standard InChI is InChI=1S/C20H31ClN4O3/c1-24(2)12-13-28-18-9-8-15(14-17(18)21)23-20(27)19(26)22-10-11-25(3)16-6-4-5-7-16/h8-9,14,16H,4-7,10-13H2,1-3H3,(H,22,26)(H,23,27). The number of ether oxygens (including phenoxy) is 1. The van der Waals surface area contributed by atoms with Crippen molar-refractivity contribution in [3.63, 3.8) is 0 Å². The molecule has 1 aromatic carbocycles. The van der Waals surface area contributed by atoms with Crippen LogP contribution < -0.4 is 15.4 Å². The number of hydrogen-bond acceptors (Lipinski definition) is 5. The molecule has 2 rings (SSSR count). The fraction of sp³-hybridized carbons (Fsp3) is 0.600. The largest absolute Gasteiger partial charge is 0.491 e. The van der Waals surface area contributed by atoms with E-state index >= 15 is 0 Å². The van der Waals surface area contributed by atoms with Gasteiger partial charge in [0.15, 0.2) is 0 Å². The van der Waals surface area contributed by atoms with E-state index in [2.05, 4.69) is 22.6 Å². The number of amides is 2. The molecule has 0 bridgehead atoms. The molecule has 0 heterocycles. The molecule has 2 N–H and O–H groups in total. The van der Waals surface area contributed by atoms with Crippen LogP contribution in [0.5, 0.6) is 5.75 Å². The molecule has 0 aliphatic heterocycles. The number of hydrogen-bond donors (Lipinski definition) is 2. The maximum Gasteiger partial charge on any atom is 0.313 e. The highest BCUT2D eigenvalue weighted by molar-refractivity contribution is 6.40. The van der Waals surface area contributed by atoms with Crippen molar-refractivity contribution in [2.75, 3.05) is 52.7 Å². The second kappa shape index (κ2) is 11.2. The van der Waals surface area contributed by atoms with Crippen LogP contribution in [-0.4, -0.2) is 75.0 Å². The summed E-state index contributed by atoms with van der Waals surface area (Å²) < 4.78 is 5.60. The van der Waals surface area contributed by atoms with Crippen LogP contribution in [0.3, 0.4) is 0 Å². The maximum atomic E-state index is 12.1. The number of benzene rings is 1. The van der Waals surface area contributed by atoms with Crippen LogP contribution in [0.15, 0.2) is 18.2 Å². The Morgan fingerprint density at radius 2 is 1.86 bits per heavy atom. The van der Waals surface area contributed by atoms with E-state index in [0.29, 0.717) is 35.7 Å². The Bertz CT molecular complexity index is 663. The first-order valence-corrected chi connectivity index (χ1v) is 10.1. The highest BCUT2D eigenvalue weighted by Crippen LogP contribution is 2.27. The van der Waals surface area contributed by atoms with E-state index in [1.165, 1.54) is 25.7 Å². The van der Waals surface area contributed by atoms with Crippen LogP contribution in [0.2, 0.25) is 5.02 Å². The first-order chi connectivity index (χ1) is 13.4. The van der Waals surface area contributed by atoms with Gasteiger partial charge in [-0.15, -0.1) is 0 Å². The number of carbonyl (C=O) groups excluding carboxylic acids is 2. The minimum atomic E-state index is -0.708. The Balaban J connectivity index is 1.74. The quantitative estimate of drug-likeness (QED) is 0.610. The van der Waals surface area contributed by atoms with Crippen LogP contribution >= 0.6 is 11.6 Å². The van der Waals surface area contributed by atoms with Crippen molar-refractivity contribution in [1.29, 1.82) is 0 Å². The molecule has 28 heavy (non-hydrogen) atoms. The zero-order valence-corrected chi connectivity index (χ0v) is 17.7. The molecule has 7 nitrogen and oxygen atoms in total. The van der Waals surface area contributed by atoms with Crippen molar-refractivity contribution in [1.82, 2.24) is 15.1 Å². The number of nitrogens with one attached hydrogen (secondary N) is 2. The van der Waals surface area contributed by atoms with Gasteiger partial charge in [0.1, 0.15) is 12.4 Å². The van der Waals surface area contributed by atoms with Gasteiger partial charge in [0.05, 0.1) is 5.02 Å². The molecule has 0 saturated heterocycles. The van der Waals surface area contributed by atoms with Crippen LogP contribution in [0.1, 0.15) is 25.7 Å². The smallest absolute Gasteiger partial charge is 0.313 e. The van der Waals surface area contributed by atoms with Gasteiger partial charge in [-0.25, -0.2) is 0 Å². The van der Waals surface area contributed by atoms with Crippen LogP contribution in [0.25, 0.3) is 0 Å². The Kier molecular flexibility index (Phi) is 9.02. The summed E-state index contributed by atoms with van der Waals surface area (Å²) in [6, 6.07) is 5.51. The summed E-state index contributed by atoms with van der Waals surface area (Å²) in [7, 11) is 5.98. The number of halogens is 1. The lowest BCUT2D eigenvalue weighted by atomic mass is 10.2. The molecule has 2 amide bonds. The summed E-state index contributed by atoms with van der Waals surface area (Å²) in [5.41, 5.74) is 0.452. The van der Waals surface area contributed by atoms with E-state index in [1.807, 2.05) is 19.0 Å². The SMILES string of the molecule is CN(C)CCOc1ccc(NC(=O)C(=O)NCCN(C)C2CCCC2)cc1Cl. The molecular formula is C20H31ClN4O3. The fourth-order valence-corrected chi connectivity index (χ4v) is 3.41. The summed E-state index contributed by atoms with van der Waals surface area (Å²) in [6.07, 6.45) is 4.96. The maximum absolute atomic E-state index is 12.1. The normalized spacial score (nSPS) is 14.5. The minimum Gasteiger partial charge on any atom is -0.491 e. The van der Waals surface area contributed by atoms with E-state index < -0.39 is 11.8 Å². The summed E-state index contributed by atoms with van der Waals surface area (Å²) in [6.45, 7) is 2.45. The molecule has 1 saturated carbocycles. The molecule has 1 aliphatic rings. The zero-order chi connectivity index (χ0) is 20.5. The van der Waals surface area contributed by atoms with E-state index in [1.54, 1.807) is 18.2 Å². The molecule has 1 aromatic rings. The Morgan fingerprint density at radius 1 is 1.14 bits per heavy atom. The highest BCUT2D eigenvalue weighted by atomic mass is 35.5. The van der Waals surface area contributed by atoms with Crippen LogP contribution in [0.4, 0.5) is 5.69 Å². The van der Waals surface area contributed by atoms with Crippen molar-refractivity contribution >= 4 is 29.1 Å². The molecule has 0 spiro atoms. The first kappa shape index (κ1) is 22.5. The van der Waals surface area contributed by atoms with Gasteiger partial charge in [-0.1, -0.05) is 24.4 Å². The lowest BCUT2D eigenvalue weighted by Gasteiger charge is -2.23. The van der Waals surface area contributed by atoms with Crippen molar-refractivity contribution in [3.8, 4) is 5.75 Å². The van der Waals surface area contributed by atoms with E-state index in [9.17, 15) is 9.59 Å². The molecule has 0 atom stereocenters. The topological polar surface area (TPSA) is 73.9 Å².